The van der Waals surface area contributed by atoms with Crippen LogP contribution in [0.1, 0.15) is 16.1 Å². The monoisotopic (exact) mass is 345 g/mol. The lowest BCUT2D eigenvalue weighted by Gasteiger charge is -2.11. The summed E-state index contributed by atoms with van der Waals surface area (Å²) in [5.74, 6) is -0.281. The summed E-state index contributed by atoms with van der Waals surface area (Å²) < 4.78 is 0. The number of pyridine rings is 1. The van der Waals surface area contributed by atoms with Crippen LogP contribution in [0.3, 0.4) is 0 Å². The van der Waals surface area contributed by atoms with Crippen molar-refractivity contribution in [1.29, 1.82) is 0 Å². The van der Waals surface area contributed by atoms with Gasteiger partial charge in [-0.15, -0.1) is 0 Å². The SMILES string of the molecule is Cc1nc2ccc(Cl)cc2cc1C(=O)NNc1cccc(Cl)c1. The van der Waals surface area contributed by atoms with Gasteiger partial charge in [0.2, 0.25) is 0 Å². The zero-order valence-electron chi connectivity index (χ0n) is 12.2. The second kappa shape index (κ2) is 6.44. The summed E-state index contributed by atoms with van der Waals surface area (Å²) in [7, 11) is 0. The number of hydrogen-bond acceptors (Lipinski definition) is 3. The Balaban J connectivity index is 1.84. The fourth-order valence-corrected chi connectivity index (χ4v) is 2.61. The molecule has 0 unspecified atom stereocenters. The number of nitrogens with zero attached hydrogens (tertiary/aromatic N) is 1. The van der Waals surface area contributed by atoms with Crippen LogP contribution < -0.4 is 10.9 Å². The van der Waals surface area contributed by atoms with Crippen molar-refractivity contribution >= 4 is 45.7 Å². The van der Waals surface area contributed by atoms with Gasteiger partial charge < -0.3 is 0 Å². The summed E-state index contributed by atoms with van der Waals surface area (Å²) in [4.78, 5) is 16.8. The third-order valence-corrected chi connectivity index (χ3v) is 3.83. The molecule has 1 heterocycles. The molecule has 0 aliphatic heterocycles. The van der Waals surface area contributed by atoms with Gasteiger partial charge in [-0.1, -0.05) is 29.3 Å². The van der Waals surface area contributed by atoms with E-state index < -0.39 is 0 Å². The first-order chi connectivity index (χ1) is 11.0. The van der Waals surface area contributed by atoms with Gasteiger partial charge in [0.15, 0.2) is 0 Å². The molecule has 1 amide bonds. The van der Waals surface area contributed by atoms with E-state index in [0.29, 0.717) is 27.0 Å². The number of halogens is 2. The molecule has 0 spiro atoms. The van der Waals surface area contributed by atoms with E-state index in [1.807, 2.05) is 6.07 Å². The largest absolute Gasteiger partial charge is 0.298 e. The first-order valence-electron chi connectivity index (χ1n) is 6.92. The van der Waals surface area contributed by atoms with Gasteiger partial charge >= 0.3 is 0 Å². The zero-order valence-corrected chi connectivity index (χ0v) is 13.7. The molecular formula is C17H13Cl2N3O. The molecule has 6 heteroatoms. The summed E-state index contributed by atoms with van der Waals surface area (Å²) in [5.41, 5.74) is 8.09. The molecule has 0 saturated heterocycles. The number of fused-ring (bicyclic) bond motifs is 1. The third-order valence-electron chi connectivity index (χ3n) is 3.36. The number of aryl methyl sites for hydroxylation is 1. The minimum Gasteiger partial charge on any atom is -0.298 e. The lowest BCUT2D eigenvalue weighted by atomic mass is 10.1. The lowest BCUT2D eigenvalue weighted by Crippen LogP contribution is -2.30. The maximum absolute atomic E-state index is 12.4. The molecule has 0 fully saturated rings. The maximum Gasteiger partial charge on any atom is 0.271 e. The Morgan fingerprint density at radius 1 is 1.04 bits per heavy atom. The summed E-state index contributed by atoms with van der Waals surface area (Å²) in [6, 6.07) is 14.2. The molecule has 0 aliphatic carbocycles. The topological polar surface area (TPSA) is 54.0 Å². The molecule has 2 aromatic carbocycles. The lowest BCUT2D eigenvalue weighted by molar-refractivity contribution is 0.0962. The molecule has 2 N–H and O–H groups in total. The average molecular weight is 346 g/mol. The van der Waals surface area contributed by atoms with Gasteiger partial charge in [0, 0.05) is 15.4 Å². The molecule has 4 nitrogen and oxygen atoms in total. The number of nitrogens with one attached hydrogen (secondary N) is 2. The number of aromatic nitrogens is 1. The molecule has 0 atom stereocenters. The minimum atomic E-state index is -0.281. The number of anilines is 1. The number of carbonyl (C=O) groups is 1. The number of hydrogen-bond donors (Lipinski definition) is 2. The van der Waals surface area contributed by atoms with Gasteiger partial charge in [0.05, 0.1) is 22.5 Å². The third kappa shape index (κ3) is 3.55. The number of benzene rings is 2. The van der Waals surface area contributed by atoms with Crippen molar-refractivity contribution in [2.24, 2.45) is 0 Å². The van der Waals surface area contributed by atoms with Crippen molar-refractivity contribution in [3.8, 4) is 0 Å². The number of rotatable bonds is 3. The highest BCUT2D eigenvalue weighted by Gasteiger charge is 2.11. The normalized spacial score (nSPS) is 10.6. The highest BCUT2D eigenvalue weighted by Crippen LogP contribution is 2.21. The highest BCUT2D eigenvalue weighted by atomic mass is 35.5. The molecule has 3 rings (SSSR count). The predicted octanol–water partition coefficient (Wildman–Crippen LogP) is 4.61. The zero-order chi connectivity index (χ0) is 16.4. The number of carbonyl (C=O) groups excluding carboxylic acids is 1. The van der Waals surface area contributed by atoms with Crippen LogP contribution in [0.25, 0.3) is 10.9 Å². The Bertz CT molecular complexity index is 896. The van der Waals surface area contributed by atoms with Crippen molar-refractivity contribution in [2.45, 2.75) is 6.92 Å². The van der Waals surface area contributed by atoms with E-state index >= 15 is 0 Å². The van der Waals surface area contributed by atoms with Gasteiger partial charge in [-0.05, 0) is 49.4 Å². The van der Waals surface area contributed by atoms with Crippen LogP contribution in [0.2, 0.25) is 10.0 Å². The molecule has 0 aliphatic rings. The second-order valence-electron chi connectivity index (χ2n) is 5.05. The molecular weight excluding hydrogens is 333 g/mol. The van der Waals surface area contributed by atoms with Crippen LogP contribution in [-0.2, 0) is 0 Å². The van der Waals surface area contributed by atoms with E-state index in [1.54, 1.807) is 49.4 Å². The van der Waals surface area contributed by atoms with Crippen LogP contribution >= 0.6 is 23.2 Å². The second-order valence-corrected chi connectivity index (χ2v) is 5.92. The van der Waals surface area contributed by atoms with E-state index in [4.69, 9.17) is 23.2 Å². The summed E-state index contributed by atoms with van der Waals surface area (Å²) in [6.45, 7) is 1.79. The molecule has 0 bridgehead atoms. The standard InChI is InChI=1S/C17H13Cl2N3O/c1-10-15(8-11-7-13(19)5-6-16(11)20-10)17(23)22-21-14-4-2-3-12(18)9-14/h2-9,21H,1H3,(H,22,23). The average Bonchev–Trinajstić information content (AvgIpc) is 2.52. The molecule has 3 aromatic rings. The first-order valence-corrected chi connectivity index (χ1v) is 7.67. The van der Waals surface area contributed by atoms with E-state index in [1.165, 1.54) is 0 Å². The van der Waals surface area contributed by atoms with Crippen molar-refractivity contribution in [3.05, 3.63) is 69.8 Å². The van der Waals surface area contributed by atoms with Crippen LogP contribution in [0.15, 0.2) is 48.5 Å². The van der Waals surface area contributed by atoms with Gasteiger partial charge in [-0.2, -0.15) is 0 Å². The van der Waals surface area contributed by atoms with Gasteiger partial charge in [0.25, 0.3) is 5.91 Å². The van der Waals surface area contributed by atoms with Crippen molar-refractivity contribution in [1.82, 2.24) is 10.4 Å². The van der Waals surface area contributed by atoms with E-state index in [-0.39, 0.29) is 5.91 Å². The Morgan fingerprint density at radius 2 is 1.83 bits per heavy atom. The van der Waals surface area contributed by atoms with E-state index in [0.717, 1.165) is 10.9 Å². The summed E-state index contributed by atoms with van der Waals surface area (Å²) in [6.07, 6.45) is 0. The van der Waals surface area contributed by atoms with E-state index in [2.05, 4.69) is 15.8 Å². The van der Waals surface area contributed by atoms with Crippen molar-refractivity contribution < 1.29 is 4.79 Å². The fourth-order valence-electron chi connectivity index (χ4n) is 2.24. The Labute approximate surface area is 143 Å². The van der Waals surface area contributed by atoms with Gasteiger partial charge in [-0.25, -0.2) is 0 Å². The van der Waals surface area contributed by atoms with Crippen LogP contribution in [0.5, 0.6) is 0 Å². The maximum atomic E-state index is 12.4. The highest BCUT2D eigenvalue weighted by molar-refractivity contribution is 6.31. The van der Waals surface area contributed by atoms with Crippen molar-refractivity contribution in [3.63, 3.8) is 0 Å². The molecule has 1 aromatic heterocycles. The van der Waals surface area contributed by atoms with Crippen LogP contribution in [-0.4, -0.2) is 10.9 Å². The minimum absolute atomic E-state index is 0.281. The Kier molecular flexibility index (Phi) is 4.37. The molecule has 0 radical (unpaired) electrons. The smallest absolute Gasteiger partial charge is 0.271 e. The fraction of sp³-hybridized carbons (Fsp3) is 0.0588. The Hall–Kier alpha value is -2.30. The van der Waals surface area contributed by atoms with Gasteiger partial charge in [-0.3, -0.25) is 20.6 Å². The number of hydrazine groups is 1. The summed E-state index contributed by atoms with van der Waals surface area (Å²) >= 11 is 11.9. The molecule has 116 valence electrons. The quantitative estimate of drug-likeness (QED) is 0.681. The molecule has 0 saturated carbocycles. The van der Waals surface area contributed by atoms with Crippen molar-refractivity contribution in [2.75, 3.05) is 5.43 Å². The van der Waals surface area contributed by atoms with Crippen LogP contribution in [0, 0.1) is 6.92 Å². The van der Waals surface area contributed by atoms with Crippen LogP contribution in [0.4, 0.5) is 5.69 Å². The molecule has 23 heavy (non-hydrogen) atoms. The summed E-state index contributed by atoms with van der Waals surface area (Å²) in [5, 5.41) is 2.00. The number of amides is 1. The predicted molar refractivity (Wildman–Crippen MR) is 94.0 cm³/mol. The van der Waals surface area contributed by atoms with Gasteiger partial charge in [0.1, 0.15) is 0 Å². The Morgan fingerprint density at radius 3 is 2.61 bits per heavy atom. The van der Waals surface area contributed by atoms with E-state index in [9.17, 15) is 4.79 Å². The first kappa shape index (κ1) is 15.6.